The number of anilines is 1. The van der Waals surface area contributed by atoms with Gasteiger partial charge in [0, 0.05) is 5.39 Å². The van der Waals surface area contributed by atoms with Crippen LogP contribution >= 0.6 is 15.9 Å². The molecule has 0 aliphatic rings. The van der Waals surface area contributed by atoms with Crippen molar-refractivity contribution < 1.29 is 31.8 Å². The van der Waals surface area contributed by atoms with E-state index in [1.807, 2.05) is 30.3 Å². The maximum atomic E-state index is 15.4. The second-order valence-electron chi connectivity index (χ2n) is 7.57. The average Bonchev–Trinajstić information content (AvgIpc) is 2.84. The Bertz CT molecular complexity index is 1350. The monoisotopic (exact) mass is 547 g/mol. The topological polar surface area (TPSA) is 47.6 Å². The number of carbonyl (C=O) groups is 1. The average molecular weight is 548 g/mol. The highest BCUT2D eigenvalue weighted by Gasteiger charge is 2.39. The molecule has 0 spiro atoms. The lowest BCUT2D eigenvalue weighted by Gasteiger charge is -2.17. The minimum Gasteiger partial charge on any atom is -0.488 e. The predicted octanol–water partition coefficient (Wildman–Crippen LogP) is 7.40. The minimum absolute atomic E-state index is 0.0199. The Balaban J connectivity index is 1.72. The quantitative estimate of drug-likeness (QED) is 0.245. The molecule has 4 rings (SSSR count). The summed E-state index contributed by atoms with van der Waals surface area (Å²) in [6.45, 7) is 0.207. The highest BCUT2D eigenvalue weighted by molar-refractivity contribution is 9.10. The van der Waals surface area contributed by atoms with Crippen LogP contribution < -0.4 is 14.8 Å². The van der Waals surface area contributed by atoms with Crippen LogP contribution in [0.2, 0.25) is 0 Å². The van der Waals surface area contributed by atoms with Crippen molar-refractivity contribution in [3.63, 3.8) is 0 Å². The van der Waals surface area contributed by atoms with E-state index in [-0.39, 0.29) is 24.3 Å². The van der Waals surface area contributed by atoms with Crippen LogP contribution in [0.25, 0.3) is 10.8 Å². The third kappa shape index (κ3) is 5.92. The Morgan fingerprint density at radius 3 is 1.89 bits per heavy atom. The fraction of sp³-hybridized carbons (Fsp3) is 0.115. The highest BCUT2D eigenvalue weighted by atomic mass is 79.9. The van der Waals surface area contributed by atoms with E-state index in [9.17, 15) is 18.0 Å². The molecule has 0 saturated heterocycles. The van der Waals surface area contributed by atoms with Gasteiger partial charge in [0.2, 0.25) is 0 Å². The summed E-state index contributed by atoms with van der Waals surface area (Å²) in [4.78, 5) is 11.6. The number of benzene rings is 4. The number of fused-ring (bicyclic) bond motifs is 1. The van der Waals surface area contributed by atoms with Crippen LogP contribution in [0, 0.1) is 5.82 Å². The van der Waals surface area contributed by atoms with Crippen molar-refractivity contribution in [3.05, 3.63) is 100 Å². The molecular weight excluding hydrogens is 530 g/mol. The van der Waals surface area contributed by atoms with Gasteiger partial charge in [-0.3, -0.25) is 4.79 Å². The largest absolute Gasteiger partial charge is 0.488 e. The summed E-state index contributed by atoms with van der Waals surface area (Å²) in [7, 11) is 0. The van der Waals surface area contributed by atoms with E-state index in [0.717, 1.165) is 5.56 Å². The number of hydrogen-bond acceptors (Lipinski definition) is 3. The predicted molar refractivity (Wildman–Crippen MR) is 128 cm³/mol. The first-order chi connectivity index (χ1) is 16.7. The molecule has 0 aromatic heterocycles. The number of ether oxygens (including phenoxy) is 2. The molecule has 0 fully saturated rings. The lowest BCUT2D eigenvalue weighted by Crippen LogP contribution is -2.30. The van der Waals surface area contributed by atoms with Crippen molar-refractivity contribution in [2.75, 3.05) is 5.32 Å². The van der Waals surface area contributed by atoms with E-state index >= 15 is 4.39 Å². The minimum atomic E-state index is -5.20. The van der Waals surface area contributed by atoms with E-state index in [2.05, 4.69) is 15.9 Å². The van der Waals surface area contributed by atoms with Gasteiger partial charge >= 0.3 is 12.1 Å². The second-order valence-corrected chi connectivity index (χ2v) is 8.42. The van der Waals surface area contributed by atoms with Gasteiger partial charge in [0.25, 0.3) is 0 Å². The summed E-state index contributed by atoms with van der Waals surface area (Å²) < 4.78 is 66.1. The smallest absolute Gasteiger partial charge is 0.471 e. The number of rotatable bonds is 7. The van der Waals surface area contributed by atoms with Crippen molar-refractivity contribution in [1.82, 2.24) is 0 Å². The maximum absolute atomic E-state index is 15.4. The van der Waals surface area contributed by atoms with Crippen LogP contribution in [0.4, 0.5) is 23.2 Å². The molecule has 0 saturated carbocycles. The molecule has 1 N–H and O–H groups in total. The number of nitrogens with one attached hydrogen (secondary N) is 1. The molecule has 0 aliphatic carbocycles. The number of hydrogen-bond donors (Lipinski definition) is 1. The molecule has 0 bridgehead atoms. The Morgan fingerprint density at radius 1 is 0.829 bits per heavy atom. The van der Waals surface area contributed by atoms with E-state index in [1.165, 1.54) is 12.1 Å². The first kappa shape index (κ1) is 24.5. The maximum Gasteiger partial charge on any atom is 0.471 e. The Morgan fingerprint density at radius 2 is 1.34 bits per heavy atom. The van der Waals surface area contributed by atoms with Crippen LogP contribution in [0.5, 0.6) is 11.5 Å². The van der Waals surface area contributed by atoms with Crippen molar-refractivity contribution in [1.29, 1.82) is 0 Å². The van der Waals surface area contributed by atoms with Crippen molar-refractivity contribution in [2.24, 2.45) is 0 Å². The fourth-order valence-corrected chi connectivity index (χ4v) is 3.79. The van der Waals surface area contributed by atoms with Gasteiger partial charge in [-0.2, -0.15) is 13.2 Å². The first-order valence-corrected chi connectivity index (χ1v) is 11.2. The Hall–Kier alpha value is -3.59. The molecule has 4 aromatic rings. The summed E-state index contributed by atoms with van der Waals surface area (Å²) in [6, 6.07) is 22.5. The number of carbonyl (C=O) groups excluding carboxylic acids is 1. The third-order valence-electron chi connectivity index (χ3n) is 5.06. The summed E-state index contributed by atoms with van der Waals surface area (Å²) in [5, 5.41) is 1.92. The molecule has 0 unspecified atom stereocenters. The molecule has 0 radical (unpaired) electrons. The summed E-state index contributed by atoms with van der Waals surface area (Å²) >= 11 is 3.32. The van der Waals surface area contributed by atoms with Gasteiger partial charge in [-0.1, -0.05) is 60.7 Å². The van der Waals surface area contributed by atoms with Gasteiger partial charge < -0.3 is 14.8 Å². The van der Waals surface area contributed by atoms with Crippen molar-refractivity contribution in [3.8, 4) is 11.5 Å². The molecule has 4 nitrogen and oxygen atoms in total. The van der Waals surface area contributed by atoms with Gasteiger partial charge in [-0.25, -0.2) is 4.39 Å². The Labute approximate surface area is 206 Å². The zero-order valence-electron chi connectivity index (χ0n) is 18.0. The zero-order chi connectivity index (χ0) is 25.0. The fourth-order valence-electron chi connectivity index (χ4n) is 3.33. The standard InChI is InChI=1S/C26H18BrF4NO3/c27-20-13-19-18(11-21(20)34-14-16-7-3-1-4-8-16)12-22(35-15-17-9-5-2-6-10-17)24(23(19)28)32-25(33)26(29,30)31/h1-13H,14-15H2,(H,32,33). The van der Waals surface area contributed by atoms with Crippen molar-refractivity contribution in [2.45, 2.75) is 19.4 Å². The summed E-state index contributed by atoms with van der Waals surface area (Å²) in [5.74, 6) is -3.20. The lowest BCUT2D eigenvalue weighted by atomic mass is 10.1. The SMILES string of the molecule is O=C(Nc1c(OCc2ccccc2)cc2cc(OCc3ccccc3)c(Br)cc2c1F)C(F)(F)F. The van der Waals surface area contributed by atoms with E-state index in [0.29, 0.717) is 21.2 Å². The molecule has 0 aliphatic heterocycles. The third-order valence-corrected chi connectivity index (χ3v) is 5.68. The number of halogens is 5. The van der Waals surface area contributed by atoms with Crippen LogP contribution in [-0.4, -0.2) is 12.1 Å². The van der Waals surface area contributed by atoms with Crippen molar-refractivity contribution >= 4 is 38.3 Å². The molecule has 1 amide bonds. The van der Waals surface area contributed by atoms with Gasteiger partial charge in [0.05, 0.1) is 4.47 Å². The highest BCUT2D eigenvalue weighted by Crippen LogP contribution is 2.40. The van der Waals surface area contributed by atoms with E-state index < -0.39 is 23.6 Å². The second kappa shape index (κ2) is 10.4. The van der Waals surface area contributed by atoms with Crippen LogP contribution in [0.15, 0.2) is 83.3 Å². The van der Waals surface area contributed by atoms with Gasteiger partial charge in [-0.15, -0.1) is 0 Å². The van der Waals surface area contributed by atoms with E-state index in [1.54, 1.807) is 41.7 Å². The van der Waals surface area contributed by atoms with Crippen LogP contribution in [0.3, 0.4) is 0 Å². The summed E-state index contributed by atoms with van der Waals surface area (Å²) in [6.07, 6.45) is -5.20. The number of alkyl halides is 3. The molecule has 4 aromatic carbocycles. The molecule has 0 atom stereocenters. The van der Waals surface area contributed by atoms with Crippen LogP contribution in [-0.2, 0) is 18.0 Å². The molecule has 9 heteroatoms. The molecule has 180 valence electrons. The lowest BCUT2D eigenvalue weighted by molar-refractivity contribution is -0.167. The van der Waals surface area contributed by atoms with Gasteiger partial charge in [0.15, 0.2) is 5.82 Å². The van der Waals surface area contributed by atoms with E-state index in [4.69, 9.17) is 9.47 Å². The Kier molecular flexibility index (Phi) is 7.25. The molecule has 35 heavy (non-hydrogen) atoms. The molecular formula is C26H18BrF4NO3. The normalized spacial score (nSPS) is 11.3. The number of amides is 1. The first-order valence-electron chi connectivity index (χ1n) is 10.4. The zero-order valence-corrected chi connectivity index (χ0v) is 19.6. The van der Waals surface area contributed by atoms with Gasteiger partial charge in [0.1, 0.15) is 30.4 Å². The van der Waals surface area contributed by atoms with Crippen LogP contribution in [0.1, 0.15) is 11.1 Å². The van der Waals surface area contributed by atoms with Gasteiger partial charge in [-0.05, 0) is 50.6 Å². The molecule has 0 heterocycles. The summed E-state index contributed by atoms with van der Waals surface area (Å²) in [5.41, 5.74) is 0.937.